The Labute approximate surface area is 273 Å². The molecule has 2 aliphatic carbocycles. The number of nitrogens with zero attached hydrogens (tertiary/aromatic N) is 2. The van der Waals surface area contributed by atoms with Crippen LogP contribution in [-0.2, 0) is 19.3 Å². The lowest BCUT2D eigenvalue weighted by Gasteiger charge is -2.32. The molecule has 4 unspecified atom stereocenters. The largest absolute Gasteiger partial charge is 0.511 e. The molecule has 1 saturated heterocycles. The second-order valence-electron chi connectivity index (χ2n) is 11.8. The van der Waals surface area contributed by atoms with Crippen molar-refractivity contribution >= 4 is 46.5 Å². The Kier molecular flexibility index (Phi) is 18.2. The first-order valence-electron chi connectivity index (χ1n) is 16.7. The van der Waals surface area contributed by atoms with Gasteiger partial charge in [-0.25, -0.2) is 0 Å². The Bertz CT molecular complexity index is 1050. The smallest absolute Gasteiger partial charge is 0.168 e. The van der Waals surface area contributed by atoms with E-state index >= 15 is 0 Å². The van der Waals surface area contributed by atoms with E-state index in [0.29, 0.717) is 91.4 Å². The van der Waals surface area contributed by atoms with Crippen LogP contribution in [0.2, 0.25) is 0 Å². The van der Waals surface area contributed by atoms with Crippen molar-refractivity contribution in [1.82, 2.24) is 0 Å². The van der Waals surface area contributed by atoms with Gasteiger partial charge in [0.15, 0.2) is 11.6 Å². The van der Waals surface area contributed by atoms with Crippen molar-refractivity contribution in [2.45, 2.75) is 117 Å². The van der Waals surface area contributed by atoms with Crippen LogP contribution in [0.25, 0.3) is 0 Å². The van der Waals surface area contributed by atoms with Gasteiger partial charge in [-0.15, -0.1) is 0 Å². The molecule has 44 heavy (non-hydrogen) atoms. The first-order valence-corrected chi connectivity index (χ1v) is 18.9. The number of hydrogen-bond donors (Lipinski definition) is 2. The molecule has 8 nitrogen and oxygen atoms in total. The summed E-state index contributed by atoms with van der Waals surface area (Å²) in [7, 11) is 0. The summed E-state index contributed by atoms with van der Waals surface area (Å²) in [5.74, 6) is 4.98. The first kappa shape index (κ1) is 38.2. The molecule has 2 N–H and O–H groups in total. The Balaban J connectivity index is 0.000000307. The highest BCUT2D eigenvalue weighted by molar-refractivity contribution is 7.99. The van der Waals surface area contributed by atoms with E-state index in [1.54, 1.807) is 0 Å². The standard InChI is InChI=1S/C17H27NO3S.C17H29NO3S/c1-3-6-14(18-21-4-2)17-15(19)9-13(10-16(17)20)12-7-5-8-22-11-12;1-5-8-14(18-21-6-2)17-15(19)10-13(11-16(17)20)9-12(4)22-7-3/h12-13,19H,3-11H2,1-2H3;12-13,19H,5-11H2,1-4H3/b18-14+;. The van der Waals surface area contributed by atoms with Crippen LogP contribution in [0.3, 0.4) is 0 Å². The van der Waals surface area contributed by atoms with Crippen LogP contribution >= 0.6 is 23.5 Å². The van der Waals surface area contributed by atoms with Crippen molar-refractivity contribution < 1.29 is 29.5 Å². The van der Waals surface area contributed by atoms with E-state index in [0.717, 1.165) is 30.8 Å². The zero-order chi connectivity index (χ0) is 32.5. The number of aliphatic hydroxyl groups is 2. The zero-order valence-corrected chi connectivity index (χ0v) is 29.5. The number of Topliss-reactive ketones (excluding diaryl/α,β-unsaturated/α-hetero) is 2. The Morgan fingerprint density at radius 1 is 0.864 bits per heavy atom. The molecule has 0 bridgehead atoms. The summed E-state index contributed by atoms with van der Waals surface area (Å²) < 4.78 is 0. The van der Waals surface area contributed by atoms with Crippen LogP contribution in [-0.4, -0.2) is 68.9 Å². The molecular formula is C34H56N2O6S2. The van der Waals surface area contributed by atoms with Gasteiger partial charge in [-0.1, -0.05) is 50.8 Å². The minimum absolute atomic E-state index is 0.00866. The topological polar surface area (TPSA) is 118 Å². The molecule has 1 heterocycles. The molecule has 0 spiro atoms. The van der Waals surface area contributed by atoms with Crippen molar-refractivity contribution in [2.24, 2.45) is 28.1 Å². The van der Waals surface area contributed by atoms with E-state index in [4.69, 9.17) is 9.68 Å². The summed E-state index contributed by atoms with van der Waals surface area (Å²) in [5.41, 5.74) is 2.04. The second-order valence-corrected chi connectivity index (χ2v) is 14.7. The molecule has 4 atom stereocenters. The fourth-order valence-corrected chi connectivity index (χ4v) is 8.46. The highest BCUT2D eigenvalue weighted by Gasteiger charge is 2.35. The molecule has 0 aromatic rings. The SMILES string of the molecule is CCC/C(=N\OCC)C1=C(O)CC(C2CCCSC2)CC1=O.CCCC(=NOCC)C1=C(O)CC(CC(C)SCC)CC1=O. The molecule has 250 valence electrons. The average Bonchev–Trinajstić information content (AvgIpc) is 2.98. The number of rotatable bonds is 15. The lowest BCUT2D eigenvalue weighted by atomic mass is 9.76. The minimum atomic E-state index is 0.00866. The fraction of sp³-hybridized carbons (Fsp3) is 0.765. The van der Waals surface area contributed by atoms with E-state index in [1.807, 2.05) is 51.2 Å². The Morgan fingerprint density at radius 2 is 1.43 bits per heavy atom. The van der Waals surface area contributed by atoms with E-state index < -0.39 is 0 Å². The van der Waals surface area contributed by atoms with E-state index in [2.05, 4.69) is 24.2 Å². The average molecular weight is 653 g/mol. The van der Waals surface area contributed by atoms with Gasteiger partial charge in [-0.2, -0.15) is 23.5 Å². The lowest BCUT2D eigenvalue weighted by Crippen LogP contribution is -2.30. The van der Waals surface area contributed by atoms with Gasteiger partial charge in [0.2, 0.25) is 0 Å². The second kappa shape index (κ2) is 21.0. The highest BCUT2D eigenvalue weighted by atomic mass is 32.2. The van der Waals surface area contributed by atoms with Crippen LogP contribution < -0.4 is 0 Å². The van der Waals surface area contributed by atoms with Crippen LogP contribution in [0.1, 0.15) is 112 Å². The summed E-state index contributed by atoms with van der Waals surface area (Å²) in [6, 6.07) is 0. The lowest BCUT2D eigenvalue weighted by molar-refractivity contribution is -0.118. The Morgan fingerprint density at radius 3 is 1.89 bits per heavy atom. The molecule has 3 rings (SSSR count). The molecule has 1 fully saturated rings. The molecule has 0 saturated carbocycles. The fourth-order valence-electron chi connectivity index (χ4n) is 6.20. The molecule has 3 aliphatic rings. The zero-order valence-electron chi connectivity index (χ0n) is 27.9. The van der Waals surface area contributed by atoms with Crippen LogP contribution in [0.4, 0.5) is 0 Å². The number of oxime groups is 2. The highest BCUT2D eigenvalue weighted by Crippen LogP contribution is 2.38. The molecule has 0 radical (unpaired) electrons. The maximum Gasteiger partial charge on any atom is 0.168 e. The summed E-state index contributed by atoms with van der Waals surface area (Å²) >= 11 is 3.87. The predicted octanol–water partition coefficient (Wildman–Crippen LogP) is 8.62. The molecular weight excluding hydrogens is 597 g/mol. The van der Waals surface area contributed by atoms with Gasteiger partial charge in [-0.3, -0.25) is 9.59 Å². The van der Waals surface area contributed by atoms with Crippen LogP contribution in [0.5, 0.6) is 0 Å². The van der Waals surface area contributed by atoms with Crippen LogP contribution in [0, 0.1) is 17.8 Å². The Hall–Kier alpha value is -1.94. The third-order valence-corrected chi connectivity index (χ3v) is 10.5. The van der Waals surface area contributed by atoms with E-state index in [9.17, 15) is 19.8 Å². The summed E-state index contributed by atoms with van der Waals surface area (Å²) in [4.78, 5) is 35.3. The van der Waals surface area contributed by atoms with Gasteiger partial charge >= 0.3 is 0 Å². The summed E-state index contributed by atoms with van der Waals surface area (Å²) in [6.07, 6.45) is 8.66. The number of carbonyl (C=O) groups excluding carboxylic acids is 2. The molecule has 0 aromatic heterocycles. The van der Waals surface area contributed by atoms with Crippen molar-refractivity contribution in [2.75, 3.05) is 30.5 Å². The monoisotopic (exact) mass is 652 g/mol. The molecule has 0 amide bonds. The molecule has 0 aromatic carbocycles. The third-order valence-electron chi connectivity index (χ3n) is 8.13. The minimum Gasteiger partial charge on any atom is -0.511 e. The molecule has 10 heteroatoms. The van der Waals surface area contributed by atoms with Gasteiger partial charge in [0.05, 0.1) is 22.6 Å². The summed E-state index contributed by atoms with van der Waals surface area (Å²) in [6.45, 7) is 13.0. The van der Waals surface area contributed by atoms with Gasteiger partial charge < -0.3 is 19.9 Å². The normalized spacial score (nSPS) is 24.2. The maximum absolute atomic E-state index is 12.6. The number of hydrogen-bond acceptors (Lipinski definition) is 10. The van der Waals surface area contributed by atoms with Gasteiger partial charge in [0.25, 0.3) is 0 Å². The van der Waals surface area contributed by atoms with Gasteiger partial charge in [0.1, 0.15) is 24.7 Å². The van der Waals surface area contributed by atoms with Gasteiger partial charge in [0, 0.05) is 30.9 Å². The quantitative estimate of drug-likeness (QED) is 0.133. The van der Waals surface area contributed by atoms with Gasteiger partial charge in [-0.05, 0) is 81.0 Å². The van der Waals surface area contributed by atoms with Crippen molar-refractivity contribution in [3.8, 4) is 0 Å². The number of thioether (sulfide) groups is 2. The molecule has 1 aliphatic heterocycles. The predicted molar refractivity (Wildman–Crippen MR) is 185 cm³/mol. The number of carbonyl (C=O) groups is 2. The number of allylic oxidation sites excluding steroid dienone is 4. The van der Waals surface area contributed by atoms with Crippen LogP contribution in [0.15, 0.2) is 33.0 Å². The van der Waals surface area contributed by atoms with Crippen molar-refractivity contribution in [3.05, 3.63) is 22.7 Å². The summed E-state index contributed by atoms with van der Waals surface area (Å²) in [5, 5.41) is 29.4. The van der Waals surface area contributed by atoms with E-state index in [-0.39, 0.29) is 29.0 Å². The number of ketones is 2. The van der Waals surface area contributed by atoms with Crippen molar-refractivity contribution in [1.29, 1.82) is 0 Å². The number of aliphatic hydroxyl groups excluding tert-OH is 2. The maximum atomic E-state index is 12.6. The van der Waals surface area contributed by atoms with Crippen molar-refractivity contribution in [3.63, 3.8) is 0 Å². The first-order chi connectivity index (χ1) is 21.2. The third kappa shape index (κ3) is 12.1. The van der Waals surface area contributed by atoms with E-state index in [1.165, 1.54) is 18.6 Å².